The Morgan fingerprint density at radius 3 is 2.17 bits per heavy atom. The maximum absolute atomic E-state index is 13.3. The molecular weight excluding hydrogens is 590 g/mol. The molecule has 41 heavy (non-hydrogen) atoms. The zero-order chi connectivity index (χ0) is 29.9. The minimum atomic E-state index is -4.99. The molecule has 3 aromatic rings. The fourth-order valence-corrected chi connectivity index (χ4v) is 5.33. The Bertz CT molecular complexity index is 1490. The summed E-state index contributed by atoms with van der Waals surface area (Å²) in [4.78, 5) is 29.8. The van der Waals surface area contributed by atoms with Crippen LogP contribution in [-0.2, 0) is 23.6 Å². The largest absolute Gasteiger partial charge is 0.478 e. The van der Waals surface area contributed by atoms with Gasteiger partial charge in [0, 0.05) is 12.1 Å². The Labute approximate surface area is 239 Å². The summed E-state index contributed by atoms with van der Waals surface area (Å²) in [6.45, 7) is 0.340. The summed E-state index contributed by atoms with van der Waals surface area (Å²) in [6.07, 6.45) is -6.59. The smallest absolute Gasteiger partial charge is 0.416 e. The van der Waals surface area contributed by atoms with Gasteiger partial charge in [-0.25, -0.2) is 9.78 Å². The lowest BCUT2D eigenvalue weighted by Crippen LogP contribution is -2.29. The number of carbonyl (C=O) groups is 2. The summed E-state index contributed by atoms with van der Waals surface area (Å²) in [6, 6.07) is 11.9. The van der Waals surface area contributed by atoms with Crippen molar-refractivity contribution in [2.45, 2.75) is 31.6 Å². The number of rotatable bonds is 8. The van der Waals surface area contributed by atoms with E-state index >= 15 is 0 Å². The molecule has 1 aromatic heterocycles. The molecule has 0 aliphatic carbocycles. The molecule has 214 valence electrons. The van der Waals surface area contributed by atoms with Gasteiger partial charge in [-0.1, -0.05) is 42.2 Å². The van der Waals surface area contributed by atoms with E-state index in [1.54, 1.807) is 12.1 Å². The SMILES string of the molecule is O=C(O)c1ccc(CCCCN2C(=O)/C(=C/c3cccc(-c4cc(C(F)(F)F)cc(C(F)(F)F)c4)n3)SC2=S)cc1. The van der Waals surface area contributed by atoms with Crippen molar-refractivity contribution in [3.05, 3.63) is 93.5 Å². The number of hydrogen-bond donors (Lipinski definition) is 1. The van der Waals surface area contributed by atoms with Crippen LogP contribution in [0.5, 0.6) is 0 Å². The Hall–Kier alpha value is -3.71. The lowest BCUT2D eigenvalue weighted by atomic mass is 10.0. The van der Waals surface area contributed by atoms with Crippen molar-refractivity contribution >= 4 is 46.3 Å². The number of aryl methyl sites for hydroxylation is 1. The van der Waals surface area contributed by atoms with E-state index in [1.165, 1.54) is 41.3 Å². The first kappa shape index (κ1) is 30.3. The summed E-state index contributed by atoms with van der Waals surface area (Å²) < 4.78 is 80.0. The zero-order valence-electron chi connectivity index (χ0n) is 20.9. The van der Waals surface area contributed by atoms with E-state index in [4.69, 9.17) is 17.3 Å². The minimum Gasteiger partial charge on any atom is -0.478 e. The first-order valence-corrected chi connectivity index (χ1v) is 13.3. The molecule has 0 bridgehead atoms. The molecule has 1 fully saturated rings. The molecule has 1 aliphatic rings. The fraction of sp³-hybridized carbons (Fsp3) is 0.214. The number of amides is 1. The molecule has 5 nitrogen and oxygen atoms in total. The van der Waals surface area contributed by atoms with Crippen molar-refractivity contribution in [2.24, 2.45) is 0 Å². The Morgan fingerprint density at radius 1 is 0.951 bits per heavy atom. The lowest BCUT2D eigenvalue weighted by Gasteiger charge is -2.14. The van der Waals surface area contributed by atoms with Crippen LogP contribution in [-0.4, -0.2) is 37.7 Å². The van der Waals surface area contributed by atoms with Gasteiger partial charge in [-0.15, -0.1) is 0 Å². The van der Waals surface area contributed by atoms with Gasteiger partial charge in [0.2, 0.25) is 0 Å². The number of alkyl halides is 6. The highest BCUT2D eigenvalue weighted by molar-refractivity contribution is 8.26. The molecule has 0 atom stereocenters. The van der Waals surface area contributed by atoms with Crippen LogP contribution in [0.1, 0.15) is 45.6 Å². The van der Waals surface area contributed by atoms with Crippen LogP contribution in [0.4, 0.5) is 26.3 Å². The number of halogens is 6. The Balaban J connectivity index is 1.46. The number of hydrogen-bond acceptors (Lipinski definition) is 5. The van der Waals surface area contributed by atoms with E-state index in [0.717, 1.165) is 17.3 Å². The third-order valence-electron chi connectivity index (χ3n) is 6.10. The topological polar surface area (TPSA) is 70.5 Å². The summed E-state index contributed by atoms with van der Waals surface area (Å²) in [5.41, 5.74) is -2.08. The third-order valence-corrected chi connectivity index (χ3v) is 7.48. The van der Waals surface area contributed by atoms with Gasteiger partial charge in [0.1, 0.15) is 4.32 Å². The molecule has 0 unspecified atom stereocenters. The number of carbonyl (C=O) groups excluding carboxylic acids is 1. The number of thiocarbonyl (C=S) groups is 1. The third kappa shape index (κ3) is 7.53. The van der Waals surface area contributed by atoms with E-state index in [0.29, 0.717) is 42.3 Å². The predicted octanol–water partition coefficient (Wildman–Crippen LogP) is 7.71. The average molecular weight is 611 g/mol. The number of nitrogens with zero attached hydrogens (tertiary/aromatic N) is 2. The summed E-state index contributed by atoms with van der Waals surface area (Å²) in [5.74, 6) is -1.39. The number of carboxylic acids is 1. The molecule has 1 amide bonds. The second kappa shape index (κ2) is 12.0. The molecule has 0 spiro atoms. The molecule has 2 aromatic carbocycles. The number of pyridine rings is 1. The van der Waals surface area contributed by atoms with Gasteiger partial charge in [-0.2, -0.15) is 26.3 Å². The molecule has 2 heterocycles. The summed E-state index contributed by atoms with van der Waals surface area (Å²) >= 11 is 6.36. The maximum Gasteiger partial charge on any atom is 0.416 e. The molecule has 0 saturated carbocycles. The number of aromatic carboxylic acids is 1. The van der Waals surface area contributed by atoms with Crippen LogP contribution >= 0.6 is 24.0 Å². The fourth-order valence-electron chi connectivity index (χ4n) is 4.04. The Morgan fingerprint density at radius 2 is 1.59 bits per heavy atom. The standard InChI is InChI=1S/C28H20F6N2O3S2/c29-27(30,31)19-12-18(13-20(14-19)28(32,33)34)22-6-3-5-21(35-22)15-23-24(37)36(26(40)41-23)11-2-1-4-16-7-9-17(10-8-16)25(38)39/h3,5-10,12-15H,1-2,4,11H2,(H,38,39)/b23-15-. The molecule has 1 aliphatic heterocycles. The quantitative estimate of drug-likeness (QED) is 0.122. The van der Waals surface area contributed by atoms with Crippen molar-refractivity contribution in [1.29, 1.82) is 0 Å². The van der Waals surface area contributed by atoms with Crippen molar-refractivity contribution < 1.29 is 41.0 Å². The maximum atomic E-state index is 13.3. The highest BCUT2D eigenvalue weighted by Gasteiger charge is 2.37. The van der Waals surface area contributed by atoms with Crippen molar-refractivity contribution in [1.82, 2.24) is 9.88 Å². The summed E-state index contributed by atoms with van der Waals surface area (Å²) in [7, 11) is 0. The normalized spacial score (nSPS) is 15.2. The molecule has 4 rings (SSSR count). The van der Waals surface area contributed by atoms with Crippen LogP contribution in [0.3, 0.4) is 0 Å². The van der Waals surface area contributed by atoms with Gasteiger partial charge in [0.15, 0.2) is 0 Å². The summed E-state index contributed by atoms with van der Waals surface area (Å²) in [5, 5.41) is 8.98. The van der Waals surface area contributed by atoms with Gasteiger partial charge in [-0.05, 0) is 73.4 Å². The molecule has 1 N–H and O–H groups in total. The van der Waals surface area contributed by atoms with Crippen molar-refractivity contribution in [3.8, 4) is 11.3 Å². The van der Waals surface area contributed by atoms with E-state index in [-0.39, 0.29) is 39.4 Å². The van der Waals surface area contributed by atoms with Gasteiger partial charge in [0.05, 0.1) is 33.0 Å². The number of carboxylic acid groups (broad SMARTS) is 1. The second-order valence-electron chi connectivity index (χ2n) is 9.03. The monoisotopic (exact) mass is 610 g/mol. The zero-order valence-corrected chi connectivity index (χ0v) is 22.6. The van der Waals surface area contributed by atoms with Gasteiger partial charge >= 0.3 is 18.3 Å². The highest BCUT2D eigenvalue weighted by Crippen LogP contribution is 2.39. The van der Waals surface area contributed by atoms with Gasteiger partial charge < -0.3 is 5.11 Å². The number of thioether (sulfide) groups is 1. The second-order valence-corrected chi connectivity index (χ2v) is 10.7. The molecule has 0 radical (unpaired) electrons. The number of benzene rings is 2. The van der Waals surface area contributed by atoms with Crippen LogP contribution in [0.25, 0.3) is 17.3 Å². The van der Waals surface area contributed by atoms with Gasteiger partial charge in [0.25, 0.3) is 5.91 Å². The predicted molar refractivity (Wildman–Crippen MR) is 146 cm³/mol. The van der Waals surface area contributed by atoms with E-state index in [9.17, 15) is 35.9 Å². The van der Waals surface area contributed by atoms with Crippen LogP contribution in [0, 0.1) is 0 Å². The first-order valence-electron chi connectivity index (χ1n) is 12.1. The number of unbranched alkanes of at least 4 members (excludes halogenated alkanes) is 1. The average Bonchev–Trinajstić information content (AvgIpc) is 3.17. The van der Waals surface area contributed by atoms with E-state index in [1.807, 2.05) is 0 Å². The molecule has 1 saturated heterocycles. The van der Waals surface area contributed by atoms with Crippen LogP contribution in [0.15, 0.2) is 65.6 Å². The van der Waals surface area contributed by atoms with E-state index in [2.05, 4.69) is 4.98 Å². The Kier molecular flexibility index (Phi) is 8.88. The highest BCUT2D eigenvalue weighted by atomic mass is 32.2. The van der Waals surface area contributed by atoms with Crippen LogP contribution < -0.4 is 0 Å². The lowest BCUT2D eigenvalue weighted by molar-refractivity contribution is -0.143. The number of aromatic nitrogens is 1. The minimum absolute atomic E-state index is 0.0494. The van der Waals surface area contributed by atoms with Crippen LogP contribution in [0.2, 0.25) is 0 Å². The first-order chi connectivity index (χ1) is 19.2. The van der Waals surface area contributed by atoms with Crippen molar-refractivity contribution in [3.63, 3.8) is 0 Å². The molecular formula is C28H20F6N2O3S2. The van der Waals surface area contributed by atoms with Gasteiger partial charge in [-0.3, -0.25) is 9.69 Å². The molecule has 13 heteroatoms. The van der Waals surface area contributed by atoms with E-state index < -0.39 is 29.4 Å². The van der Waals surface area contributed by atoms with Crippen molar-refractivity contribution in [2.75, 3.05) is 6.54 Å².